The number of likely N-dealkylation sites (tertiary alicyclic amines) is 1. The molecule has 11 heteroatoms. The molecule has 1 N–H and O–H groups in total. The molecule has 3 atom stereocenters. The number of benzene rings is 2. The second-order valence-corrected chi connectivity index (χ2v) is 13.3. The lowest BCUT2D eigenvalue weighted by molar-refractivity contribution is -0.143. The van der Waals surface area contributed by atoms with Crippen LogP contribution in [0.3, 0.4) is 0 Å². The topological polar surface area (TPSA) is 106 Å². The number of rotatable bonds is 14. The predicted molar refractivity (Wildman–Crippen MR) is 153 cm³/mol. The van der Waals surface area contributed by atoms with Crippen LogP contribution in [0.15, 0.2) is 36.4 Å². The molecule has 2 aromatic rings. The summed E-state index contributed by atoms with van der Waals surface area (Å²) in [5.74, 6) is -1.53. The summed E-state index contributed by atoms with van der Waals surface area (Å²) in [6.07, 6.45) is 2.35. The Bertz CT molecular complexity index is 1320. The van der Waals surface area contributed by atoms with Crippen LogP contribution in [0.25, 0.3) is 0 Å². The average molecular weight is 593 g/mol. The van der Waals surface area contributed by atoms with Gasteiger partial charge in [-0.2, -0.15) is 0 Å². The molecule has 0 aliphatic carbocycles. The first-order valence-electron chi connectivity index (χ1n) is 14.2. The molecular formula is C30H41FN2O7S. The first-order valence-corrected chi connectivity index (χ1v) is 15.8. The number of aliphatic carboxylic acids is 1. The van der Waals surface area contributed by atoms with Crippen molar-refractivity contribution in [2.24, 2.45) is 11.8 Å². The molecule has 0 spiro atoms. The summed E-state index contributed by atoms with van der Waals surface area (Å²) in [6.45, 7) is 7.31. The lowest BCUT2D eigenvalue weighted by Crippen LogP contribution is -2.42. The van der Waals surface area contributed by atoms with Crippen LogP contribution in [0.5, 0.6) is 17.2 Å². The van der Waals surface area contributed by atoms with E-state index in [-0.39, 0.29) is 30.8 Å². The third kappa shape index (κ3) is 7.13. The smallest absolute Gasteiger partial charge is 0.309 e. The number of ether oxygens (including phenoxy) is 3. The third-order valence-corrected chi connectivity index (χ3v) is 9.75. The molecule has 0 aromatic heterocycles. The largest absolute Gasteiger partial charge is 0.494 e. The van der Waals surface area contributed by atoms with E-state index >= 15 is 0 Å². The van der Waals surface area contributed by atoms with Gasteiger partial charge in [0, 0.05) is 38.1 Å². The molecule has 0 radical (unpaired) electrons. The van der Waals surface area contributed by atoms with E-state index in [1.54, 1.807) is 18.2 Å². The summed E-state index contributed by atoms with van der Waals surface area (Å²) >= 11 is 0. The molecule has 0 bridgehead atoms. The fourth-order valence-electron chi connectivity index (χ4n) is 5.86. The second kappa shape index (κ2) is 13.4. The van der Waals surface area contributed by atoms with Crippen LogP contribution >= 0.6 is 0 Å². The molecular weight excluding hydrogens is 551 g/mol. The van der Waals surface area contributed by atoms with E-state index in [2.05, 4.69) is 0 Å². The van der Waals surface area contributed by atoms with Gasteiger partial charge in [0.1, 0.15) is 0 Å². The van der Waals surface area contributed by atoms with Gasteiger partial charge >= 0.3 is 5.97 Å². The number of hydrogen-bond acceptors (Lipinski definition) is 7. The number of fused-ring (bicyclic) bond motifs is 1. The number of carboxylic acid groups (broad SMARTS) is 1. The van der Waals surface area contributed by atoms with Gasteiger partial charge in [-0.3, -0.25) is 9.69 Å². The Morgan fingerprint density at radius 3 is 2.54 bits per heavy atom. The summed E-state index contributed by atoms with van der Waals surface area (Å²) in [5, 5.41) is 10.5. The van der Waals surface area contributed by atoms with Gasteiger partial charge in [-0.1, -0.05) is 45.7 Å². The van der Waals surface area contributed by atoms with Gasteiger partial charge in [0.25, 0.3) is 0 Å². The highest BCUT2D eigenvalue weighted by molar-refractivity contribution is 7.89. The summed E-state index contributed by atoms with van der Waals surface area (Å²) in [5.41, 5.74) is 1.27. The van der Waals surface area contributed by atoms with Crippen molar-refractivity contribution in [3.8, 4) is 17.2 Å². The summed E-state index contributed by atoms with van der Waals surface area (Å²) in [6, 6.07) is 9.24. The van der Waals surface area contributed by atoms with Gasteiger partial charge in [-0.25, -0.2) is 17.1 Å². The molecule has 0 saturated carbocycles. The fraction of sp³-hybridized carbons (Fsp3) is 0.567. The Kier molecular flexibility index (Phi) is 10.1. The minimum atomic E-state index is -3.50. The standard InChI is InChI=1S/C30H41FN2O7S/c1-5-6-7-14-41(36,37)33(17-20(2)3)13-12-32-18-23(21-8-11-26-27(16-21)40-19-39-26)28(30(34)35)29(32)22-9-10-25(38-4)24(31)15-22/h8-11,15-16,20,23,28-29H,5-7,12-14,17-19H2,1-4H3,(H,34,35)/t23-,28+,29-/m1/s1. The maximum atomic E-state index is 14.9. The molecule has 0 amide bonds. The van der Waals surface area contributed by atoms with E-state index in [1.165, 1.54) is 23.5 Å². The van der Waals surface area contributed by atoms with Crippen molar-refractivity contribution in [1.82, 2.24) is 9.21 Å². The first-order chi connectivity index (χ1) is 19.6. The van der Waals surface area contributed by atoms with Gasteiger partial charge < -0.3 is 19.3 Å². The number of carbonyl (C=O) groups is 1. The molecule has 41 heavy (non-hydrogen) atoms. The molecule has 2 aliphatic heterocycles. The van der Waals surface area contributed by atoms with Crippen LogP contribution in [0.4, 0.5) is 4.39 Å². The highest BCUT2D eigenvalue weighted by atomic mass is 32.2. The third-order valence-electron chi connectivity index (χ3n) is 7.83. The molecule has 4 rings (SSSR count). The number of nitrogens with zero attached hydrogens (tertiary/aromatic N) is 2. The zero-order valence-corrected chi connectivity index (χ0v) is 25.0. The number of halogens is 1. The SMILES string of the molecule is CCCCCS(=O)(=O)N(CCN1C[C@H](c2ccc3c(c2)OCO3)[C@H](C(=O)O)[C@H]1c1ccc(OC)c(F)c1)CC(C)C. The summed E-state index contributed by atoms with van der Waals surface area (Å²) < 4.78 is 59.1. The molecule has 2 heterocycles. The van der Waals surface area contributed by atoms with Crippen molar-refractivity contribution in [2.75, 3.05) is 45.8 Å². The van der Waals surface area contributed by atoms with Crippen LogP contribution in [0.1, 0.15) is 63.1 Å². The Hall–Kier alpha value is -2.89. The van der Waals surface area contributed by atoms with Gasteiger partial charge in [0.2, 0.25) is 16.8 Å². The van der Waals surface area contributed by atoms with Gasteiger partial charge in [-0.05, 0) is 47.7 Å². The van der Waals surface area contributed by atoms with Crippen LogP contribution < -0.4 is 14.2 Å². The van der Waals surface area contributed by atoms with E-state index in [0.717, 1.165) is 18.4 Å². The van der Waals surface area contributed by atoms with E-state index in [9.17, 15) is 22.7 Å². The lowest BCUT2D eigenvalue weighted by Gasteiger charge is -2.30. The number of methoxy groups -OCH3 is 1. The van der Waals surface area contributed by atoms with Crippen LogP contribution in [0, 0.1) is 17.7 Å². The molecule has 226 valence electrons. The predicted octanol–water partition coefficient (Wildman–Crippen LogP) is 4.88. The zero-order chi connectivity index (χ0) is 29.7. The van der Waals surface area contributed by atoms with Crippen molar-refractivity contribution in [2.45, 2.75) is 52.0 Å². The fourth-order valence-corrected chi connectivity index (χ4v) is 7.57. The van der Waals surface area contributed by atoms with Crippen LogP contribution in [0.2, 0.25) is 0 Å². The van der Waals surface area contributed by atoms with Gasteiger partial charge in [-0.15, -0.1) is 0 Å². The van der Waals surface area contributed by atoms with Gasteiger partial charge in [0.15, 0.2) is 23.1 Å². The lowest BCUT2D eigenvalue weighted by atomic mass is 9.82. The van der Waals surface area contributed by atoms with E-state index in [0.29, 0.717) is 43.1 Å². The van der Waals surface area contributed by atoms with E-state index < -0.39 is 39.7 Å². The number of carboxylic acids is 1. The Labute approximate surface area is 242 Å². The Balaban J connectivity index is 1.68. The number of hydrogen-bond donors (Lipinski definition) is 1. The van der Waals surface area contributed by atoms with E-state index in [4.69, 9.17) is 14.2 Å². The second-order valence-electron chi connectivity index (χ2n) is 11.2. The van der Waals surface area contributed by atoms with Crippen molar-refractivity contribution in [3.05, 3.63) is 53.3 Å². The van der Waals surface area contributed by atoms with Crippen LogP contribution in [-0.2, 0) is 14.8 Å². The molecule has 1 fully saturated rings. The van der Waals surface area contributed by atoms with Crippen molar-refractivity contribution >= 4 is 16.0 Å². The summed E-state index contributed by atoms with van der Waals surface area (Å²) in [4.78, 5) is 14.8. The highest BCUT2D eigenvalue weighted by Crippen LogP contribution is 2.48. The quantitative estimate of drug-likeness (QED) is 0.310. The molecule has 1 saturated heterocycles. The average Bonchev–Trinajstić information content (AvgIpc) is 3.55. The molecule has 2 aromatic carbocycles. The Morgan fingerprint density at radius 2 is 1.88 bits per heavy atom. The number of unbranched alkanes of at least 4 members (excludes halogenated alkanes) is 2. The van der Waals surface area contributed by atoms with Crippen molar-refractivity contribution in [3.63, 3.8) is 0 Å². The Morgan fingerprint density at radius 1 is 1.15 bits per heavy atom. The first kappa shape index (κ1) is 31.1. The maximum absolute atomic E-state index is 14.9. The number of sulfonamides is 1. The summed E-state index contributed by atoms with van der Waals surface area (Å²) in [7, 11) is -2.12. The molecule has 0 unspecified atom stereocenters. The van der Waals surface area contributed by atoms with Gasteiger partial charge in [0.05, 0.1) is 18.8 Å². The van der Waals surface area contributed by atoms with E-state index in [1.807, 2.05) is 31.7 Å². The monoisotopic (exact) mass is 592 g/mol. The van der Waals surface area contributed by atoms with Crippen molar-refractivity contribution in [1.29, 1.82) is 0 Å². The minimum absolute atomic E-state index is 0.0683. The van der Waals surface area contributed by atoms with Crippen molar-refractivity contribution < 1.29 is 36.9 Å². The highest BCUT2D eigenvalue weighted by Gasteiger charge is 2.48. The zero-order valence-electron chi connectivity index (χ0n) is 24.2. The maximum Gasteiger partial charge on any atom is 0.309 e. The normalized spacial score (nSPS) is 20.7. The minimum Gasteiger partial charge on any atom is -0.494 e. The molecule has 2 aliphatic rings. The van der Waals surface area contributed by atoms with Crippen LogP contribution in [-0.4, -0.2) is 74.5 Å². The molecule has 9 nitrogen and oxygen atoms in total.